The van der Waals surface area contributed by atoms with Crippen molar-refractivity contribution < 1.29 is 9.53 Å². The summed E-state index contributed by atoms with van der Waals surface area (Å²) < 4.78 is 4.89. The third-order valence-electron chi connectivity index (χ3n) is 3.54. The number of hydrogen-bond donors (Lipinski definition) is 1. The minimum absolute atomic E-state index is 0.133. The number of carbonyl (C=O) groups excluding carboxylic acids is 1. The van der Waals surface area contributed by atoms with E-state index in [1.165, 1.54) is 12.0 Å². The van der Waals surface area contributed by atoms with E-state index in [-0.39, 0.29) is 11.5 Å². The highest BCUT2D eigenvalue weighted by Gasteiger charge is 2.38. The molecule has 1 saturated carbocycles. The first-order valence-corrected chi connectivity index (χ1v) is 6.23. The van der Waals surface area contributed by atoms with Gasteiger partial charge in [0.15, 0.2) is 0 Å². The standard InChI is InChI=1S/C14H19NO2/c1-2-17-13(16)15-11-14(9-6-10-14)12-7-4-3-5-8-12/h3-5,7-8H,2,6,9-11H2,1H3,(H,15,16). The molecular weight excluding hydrogens is 214 g/mol. The second kappa shape index (κ2) is 5.21. The zero-order valence-corrected chi connectivity index (χ0v) is 10.2. The van der Waals surface area contributed by atoms with Crippen LogP contribution in [-0.2, 0) is 10.2 Å². The highest BCUT2D eigenvalue weighted by atomic mass is 16.5. The lowest BCUT2D eigenvalue weighted by molar-refractivity contribution is 0.143. The molecule has 0 aromatic heterocycles. The average molecular weight is 233 g/mol. The van der Waals surface area contributed by atoms with E-state index in [9.17, 15) is 4.79 Å². The Bertz CT molecular complexity index is 371. The van der Waals surface area contributed by atoms with Gasteiger partial charge in [0.25, 0.3) is 0 Å². The summed E-state index contributed by atoms with van der Waals surface area (Å²) in [5.41, 5.74) is 1.46. The van der Waals surface area contributed by atoms with Crippen molar-refractivity contribution in [2.75, 3.05) is 13.2 Å². The molecular formula is C14H19NO2. The second-order valence-corrected chi connectivity index (χ2v) is 4.57. The maximum atomic E-state index is 11.3. The Morgan fingerprint density at radius 2 is 2.06 bits per heavy atom. The number of ether oxygens (including phenoxy) is 1. The summed E-state index contributed by atoms with van der Waals surface area (Å²) >= 11 is 0. The van der Waals surface area contributed by atoms with Gasteiger partial charge in [-0.25, -0.2) is 4.79 Å². The highest BCUT2D eigenvalue weighted by molar-refractivity contribution is 5.67. The van der Waals surface area contributed by atoms with Crippen LogP contribution in [0.1, 0.15) is 31.7 Å². The van der Waals surface area contributed by atoms with Crippen molar-refractivity contribution in [3.05, 3.63) is 35.9 Å². The van der Waals surface area contributed by atoms with E-state index in [0.717, 1.165) is 12.8 Å². The van der Waals surface area contributed by atoms with Crippen molar-refractivity contribution in [3.63, 3.8) is 0 Å². The summed E-state index contributed by atoms with van der Waals surface area (Å²) in [6.45, 7) is 2.91. The fourth-order valence-electron chi connectivity index (χ4n) is 2.39. The maximum Gasteiger partial charge on any atom is 0.407 e. The number of carbonyl (C=O) groups is 1. The van der Waals surface area contributed by atoms with Crippen LogP contribution in [0.5, 0.6) is 0 Å². The van der Waals surface area contributed by atoms with Gasteiger partial charge in [0, 0.05) is 12.0 Å². The van der Waals surface area contributed by atoms with Crippen LogP contribution in [-0.4, -0.2) is 19.2 Å². The summed E-state index contributed by atoms with van der Waals surface area (Å²) in [6, 6.07) is 10.4. The largest absolute Gasteiger partial charge is 0.450 e. The van der Waals surface area contributed by atoms with E-state index in [1.54, 1.807) is 0 Å². The summed E-state index contributed by atoms with van der Waals surface area (Å²) in [5.74, 6) is 0. The Morgan fingerprint density at radius 1 is 1.35 bits per heavy atom. The average Bonchev–Trinajstić information content (AvgIpc) is 2.29. The molecule has 1 aliphatic rings. The van der Waals surface area contributed by atoms with Crippen LogP contribution in [0.2, 0.25) is 0 Å². The first-order chi connectivity index (χ1) is 8.27. The van der Waals surface area contributed by atoms with Crippen molar-refractivity contribution in [1.82, 2.24) is 5.32 Å². The normalized spacial score (nSPS) is 17.0. The zero-order chi connectivity index (χ0) is 12.1. The molecule has 0 radical (unpaired) electrons. The quantitative estimate of drug-likeness (QED) is 0.868. The van der Waals surface area contributed by atoms with Crippen LogP contribution >= 0.6 is 0 Å². The Morgan fingerprint density at radius 3 is 2.59 bits per heavy atom. The van der Waals surface area contributed by atoms with Crippen LogP contribution in [0.4, 0.5) is 4.79 Å². The first kappa shape index (κ1) is 12.0. The van der Waals surface area contributed by atoms with Crippen LogP contribution in [0, 0.1) is 0 Å². The molecule has 0 atom stereocenters. The molecule has 0 saturated heterocycles. The molecule has 3 heteroatoms. The van der Waals surface area contributed by atoms with Gasteiger partial charge in [-0.3, -0.25) is 0 Å². The Balaban J connectivity index is 1.99. The van der Waals surface area contributed by atoms with Gasteiger partial charge in [0.2, 0.25) is 0 Å². The lowest BCUT2D eigenvalue weighted by Gasteiger charge is -2.42. The molecule has 0 bridgehead atoms. The SMILES string of the molecule is CCOC(=O)NCC1(c2ccccc2)CCC1. The van der Waals surface area contributed by atoms with Crippen molar-refractivity contribution >= 4 is 6.09 Å². The minimum atomic E-state index is -0.310. The molecule has 1 aliphatic carbocycles. The van der Waals surface area contributed by atoms with Crippen molar-refractivity contribution in [1.29, 1.82) is 0 Å². The second-order valence-electron chi connectivity index (χ2n) is 4.57. The molecule has 1 N–H and O–H groups in total. The van der Waals surface area contributed by atoms with E-state index in [4.69, 9.17) is 4.74 Å². The minimum Gasteiger partial charge on any atom is -0.450 e. The molecule has 1 fully saturated rings. The van der Waals surface area contributed by atoms with E-state index in [1.807, 2.05) is 13.0 Å². The van der Waals surface area contributed by atoms with Gasteiger partial charge in [0.05, 0.1) is 6.61 Å². The first-order valence-electron chi connectivity index (χ1n) is 6.23. The number of alkyl carbamates (subject to hydrolysis) is 1. The van der Waals surface area contributed by atoms with Gasteiger partial charge in [-0.05, 0) is 25.3 Å². The summed E-state index contributed by atoms with van der Waals surface area (Å²) in [6.07, 6.45) is 3.21. The predicted octanol–water partition coefficient (Wildman–Crippen LogP) is 2.85. The third-order valence-corrected chi connectivity index (χ3v) is 3.54. The Labute approximate surface area is 102 Å². The molecule has 1 aromatic carbocycles. The number of hydrogen-bond acceptors (Lipinski definition) is 2. The molecule has 2 rings (SSSR count). The number of rotatable bonds is 4. The van der Waals surface area contributed by atoms with Crippen LogP contribution in [0.3, 0.4) is 0 Å². The fourth-order valence-corrected chi connectivity index (χ4v) is 2.39. The lowest BCUT2D eigenvalue weighted by Crippen LogP contribution is -2.45. The Kier molecular flexibility index (Phi) is 3.67. The predicted molar refractivity (Wildman–Crippen MR) is 67.0 cm³/mol. The maximum absolute atomic E-state index is 11.3. The van der Waals surface area contributed by atoms with E-state index in [2.05, 4.69) is 29.6 Å². The summed E-state index contributed by atoms with van der Waals surface area (Å²) in [7, 11) is 0. The monoisotopic (exact) mass is 233 g/mol. The molecule has 3 nitrogen and oxygen atoms in total. The summed E-state index contributed by atoms with van der Waals surface area (Å²) in [4.78, 5) is 11.3. The van der Waals surface area contributed by atoms with Crippen LogP contribution in [0.15, 0.2) is 30.3 Å². The summed E-state index contributed by atoms with van der Waals surface area (Å²) in [5, 5.41) is 2.86. The molecule has 92 valence electrons. The molecule has 1 amide bonds. The highest BCUT2D eigenvalue weighted by Crippen LogP contribution is 2.43. The van der Waals surface area contributed by atoms with E-state index < -0.39 is 0 Å². The molecule has 0 spiro atoms. The molecule has 0 aliphatic heterocycles. The van der Waals surface area contributed by atoms with E-state index >= 15 is 0 Å². The van der Waals surface area contributed by atoms with E-state index in [0.29, 0.717) is 13.2 Å². The topological polar surface area (TPSA) is 38.3 Å². The lowest BCUT2D eigenvalue weighted by atomic mass is 9.64. The fraction of sp³-hybridized carbons (Fsp3) is 0.500. The van der Waals surface area contributed by atoms with Gasteiger partial charge in [0.1, 0.15) is 0 Å². The molecule has 0 heterocycles. The van der Waals surface area contributed by atoms with Gasteiger partial charge in [-0.15, -0.1) is 0 Å². The zero-order valence-electron chi connectivity index (χ0n) is 10.2. The van der Waals surface area contributed by atoms with Crippen molar-refractivity contribution in [2.45, 2.75) is 31.6 Å². The van der Waals surface area contributed by atoms with Crippen LogP contribution < -0.4 is 5.32 Å². The number of nitrogens with one attached hydrogen (secondary N) is 1. The Hall–Kier alpha value is -1.51. The van der Waals surface area contributed by atoms with Crippen molar-refractivity contribution in [2.24, 2.45) is 0 Å². The van der Waals surface area contributed by atoms with Gasteiger partial charge in [-0.1, -0.05) is 36.8 Å². The third kappa shape index (κ3) is 2.60. The number of benzene rings is 1. The van der Waals surface area contributed by atoms with Gasteiger partial charge >= 0.3 is 6.09 Å². The number of amides is 1. The smallest absolute Gasteiger partial charge is 0.407 e. The molecule has 0 unspecified atom stereocenters. The van der Waals surface area contributed by atoms with Gasteiger partial charge in [-0.2, -0.15) is 0 Å². The molecule has 1 aromatic rings. The van der Waals surface area contributed by atoms with Crippen molar-refractivity contribution in [3.8, 4) is 0 Å². The molecule has 17 heavy (non-hydrogen) atoms. The van der Waals surface area contributed by atoms with Crippen LogP contribution in [0.25, 0.3) is 0 Å². The van der Waals surface area contributed by atoms with Gasteiger partial charge < -0.3 is 10.1 Å².